The van der Waals surface area contributed by atoms with Crippen LogP contribution in [0.15, 0.2) is 18.2 Å². The van der Waals surface area contributed by atoms with Gasteiger partial charge in [0, 0.05) is 12.6 Å². The standard InChI is InChI=1S/C15H25NO2/c1-11(16-10-15(2,3)4)12-7-8-13(17-5)14(9-12)18-6/h7-9,11,16H,10H2,1-6H3. The van der Waals surface area contributed by atoms with Gasteiger partial charge >= 0.3 is 0 Å². The predicted octanol–water partition coefficient (Wildman–Crippen LogP) is 3.40. The van der Waals surface area contributed by atoms with Crippen molar-refractivity contribution in [2.75, 3.05) is 20.8 Å². The second-order valence-electron chi connectivity index (χ2n) is 5.78. The Hall–Kier alpha value is -1.22. The summed E-state index contributed by atoms with van der Waals surface area (Å²) in [4.78, 5) is 0. The molecule has 0 aliphatic heterocycles. The first-order valence-electron chi connectivity index (χ1n) is 6.32. The molecule has 0 fully saturated rings. The van der Waals surface area contributed by atoms with Crippen LogP contribution >= 0.6 is 0 Å². The summed E-state index contributed by atoms with van der Waals surface area (Å²) in [6.07, 6.45) is 0. The van der Waals surface area contributed by atoms with Crippen molar-refractivity contribution in [1.29, 1.82) is 0 Å². The second-order valence-corrected chi connectivity index (χ2v) is 5.78. The Balaban J connectivity index is 2.77. The minimum atomic E-state index is 0.283. The molecule has 1 rings (SSSR count). The van der Waals surface area contributed by atoms with E-state index in [1.165, 1.54) is 5.56 Å². The molecule has 0 aromatic heterocycles. The van der Waals surface area contributed by atoms with Gasteiger partial charge in [-0.05, 0) is 30.0 Å². The molecule has 0 heterocycles. The zero-order valence-electron chi connectivity index (χ0n) is 12.3. The lowest BCUT2D eigenvalue weighted by atomic mass is 9.96. The van der Waals surface area contributed by atoms with Crippen LogP contribution in [0.1, 0.15) is 39.3 Å². The van der Waals surface area contributed by atoms with Crippen molar-refractivity contribution in [3.05, 3.63) is 23.8 Å². The molecule has 0 saturated heterocycles. The molecule has 1 atom stereocenters. The van der Waals surface area contributed by atoms with Gasteiger partial charge in [0.15, 0.2) is 11.5 Å². The van der Waals surface area contributed by atoms with Gasteiger partial charge in [0.05, 0.1) is 14.2 Å². The Bertz CT molecular complexity index is 383. The summed E-state index contributed by atoms with van der Waals surface area (Å²) in [5.41, 5.74) is 1.49. The highest BCUT2D eigenvalue weighted by atomic mass is 16.5. The molecular formula is C15H25NO2. The van der Waals surface area contributed by atoms with E-state index in [0.29, 0.717) is 6.04 Å². The molecule has 0 radical (unpaired) electrons. The molecule has 18 heavy (non-hydrogen) atoms. The third-order valence-corrected chi connectivity index (χ3v) is 2.85. The van der Waals surface area contributed by atoms with Gasteiger partial charge in [-0.2, -0.15) is 0 Å². The van der Waals surface area contributed by atoms with E-state index < -0.39 is 0 Å². The Morgan fingerprint density at radius 3 is 2.22 bits per heavy atom. The van der Waals surface area contributed by atoms with E-state index in [2.05, 4.69) is 39.1 Å². The maximum absolute atomic E-state index is 5.32. The predicted molar refractivity (Wildman–Crippen MR) is 75.4 cm³/mol. The van der Waals surface area contributed by atoms with Crippen molar-refractivity contribution in [2.24, 2.45) is 5.41 Å². The van der Waals surface area contributed by atoms with E-state index in [1.807, 2.05) is 12.1 Å². The highest BCUT2D eigenvalue weighted by molar-refractivity contribution is 5.43. The Labute approximate surface area is 110 Å². The van der Waals surface area contributed by atoms with Crippen LogP contribution in [0.25, 0.3) is 0 Å². The van der Waals surface area contributed by atoms with Crippen LogP contribution < -0.4 is 14.8 Å². The van der Waals surface area contributed by atoms with Gasteiger partial charge in [0.1, 0.15) is 0 Å². The molecule has 0 saturated carbocycles. The number of methoxy groups -OCH3 is 2. The summed E-state index contributed by atoms with van der Waals surface area (Å²) in [6, 6.07) is 6.34. The molecule has 102 valence electrons. The van der Waals surface area contributed by atoms with Crippen molar-refractivity contribution in [3.63, 3.8) is 0 Å². The number of benzene rings is 1. The zero-order chi connectivity index (χ0) is 13.8. The third kappa shape index (κ3) is 4.22. The average molecular weight is 251 g/mol. The van der Waals surface area contributed by atoms with E-state index in [-0.39, 0.29) is 5.41 Å². The molecular weight excluding hydrogens is 226 g/mol. The average Bonchev–Trinajstić information content (AvgIpc) is 2.34. The summed E-state index contributed by atoms with van der Waals surface area (Å²) in [7, 11) is 3.31. The summed E-state index contributed by atoms with van der Waals surface area (Å²) in [6.45, 7) is 9.81. The minimum Gasteiger partial charge on any atom is -0.493 e. The quantitative estimate of drug-likeness (QED) is 0.870. The van der Waals surface area contributed by atoms with Crippen molar-refractivity contribution in [2.45, 2.75) is 33.7 Å². The fourth-order valence-electron chi connectivity index (χ4n) is 1.70. The lowest BCUT2D eigenvalue weighted by Gasteiger charge is -2.23. The lowest BCUT2D eigenvalue weighted by Crippen LogP contribution is -2.29. The Morgan fingerprint density at radius 1 is 1.11 bits per heavy atom. The molecule has 1 unspecified atom stereocenters. The van der Waals surface area contributed by atoms with Crippen LogP contribution in [0.2, 0.25) is 0 Å². The van der Waals surface area contributed by atoms with E-state index in [4.69, 9.17) is 9.47 Å². The summed E-state index contributed by atoms with van der Waals surface area (Å²) in [5.74, 6) is 1.55. The molecule has 3 nitrogen and oxygen atoms in total. The fraction of sp³-hybridized carbons (Fsp3) is 0.600. The number of nitrogens with one attached hydrogen (secondary N) is 1. The molecule has 1 aromatic rings. The largest absolute Gasteiger partial charge is 0.493 e. The van der Waals surface area contributed by atoms with E-state index in [0.717, 1.165) is 18.0 Å². The smallest absolute Gasteiger partial charge is 0.161 e. The van der Waals surface area contributed by atoms with Gasteiger partial charge in [-0.1, -0.05) is 26.8 Å². The highest BCUT2D eigenvalue weighted by Gasteiger charge is 2.14. The highest BCUT2D eigenvalue weighted by Crippen LogP contribution is 2.30. The SMILES string of the molecule is COc1ccc(C(C)NCC(C)(C)C)cc1OC. The van der Waals surface area contributed by atoms with Crippen LogP contribution in [-0.4, -0.2) is 20.8 Å². The van der Waals surface area contributed by atoms with E-state index in [9.17, 15) is 0 Å². The van der Waals surface area contributed by atoms with E-state index >= 15 is 0 Å². The van der Waals surface area contributed by atoms with Crippen LogP contribution in [0, 0.1) is 5.41 Å². The van der Waals surface area contributed by atoms with Crippen molar-refractivity contribution in [3.8, 4) is 11.5 Å². The normalized spacial score (nSPS) is 13.2. The van der Waals surface area contributed by atoms with Gasteiger partial charge in [-0.3, -0.25) is 0 Å². The fourth-order valence-corrected chi connectivity index (χ4v) is 1.70. The Kier molecular flexibility index (Phi) is 5.03. The molecule has 0 aliphatic rings. The number of rotatable bonds is 5. The number of hydrogen-bond donors (Lipinski definition) is 1. The molecule has 0 spiro atoms. The van der Waals surface area contributed by atoms with Gasteiger partial charge in [0.25, 0.3) is 0 Å². The molecule has 0 bridgehead atoms. The lowest BCUT2D eigenvalue weighted by molar-refractivity contribution is 0.349. The third-order valence-electron chi connectivity index (χ3n) is 2.85. The molecule has 0 aliphatic carbocycles. The van der Waals surface area contributed by atoms with Gasteiger partial charge in [-0.25, -0.2) is 0 Å². The summed E-state index contributed by atoms with van der Waals surface area (Å²) >= 11 is 0. The Morgan fingerprint density at radius 2 is 1.72 bits per heavy atom. The first-order valence-corrected chi connectivity index (χ1v) is 6.32. The van der Waals surface area contributed by atoms with E-state index in [1.54, 1.807) is 14.2 Å². The monoisotopic (exact) mass is 251 g/mol. The van der Waals surface area contributed by atoms with Crippen LogP contribution in [0.5, 0.6) is 11.5 Å². The maximum atomic E-state index is 5.32. The van der Waals surface area contributed by atoms with Crippen LogP contribution in [0.4, 0.5) is 0 Å². The number of ether oxygens (including phenoxy) is 2. The van der Waals surface area contributed by atoms with Crippen molar-refractivity contribution in [1.82, 2.24) is 5.32 Å². The summed E-state index contributed by atoms with van der Waals surface area (Å²) < 4.78 is 10.6. The van der Waals surface area contributed by atoms with Crippen LogP contribution in [-0.2, 0) is 0 Å². The summed E-state index contributed by atoms with van der Waals surface area (Å²) in [5, 5.41) is 3.53. The van der Waals surface area contributed by atoms with Gasteiger partial charge in [-0.15, -0.1) is 0 Å². The van der Waals surface area contributed by atoms with Gasteiger partial charge < -0.3 is 14.8 Å². The van der Waals surface area contributed by atoms with Crippen molar-refractivity contribution >= 4 is 0 Å². The zero-order valence-corrected chi connectivity index (χ0v) is 12.3. The first-order chi connectivity index (χ1) is 8.37. The van der Waals surface area contributed by atoms with Gasteiger partial charge in [0.2, 0.25) is 0 Å². The topological polar surface area (TPSA) is 30.5 Å². The van der Waals surface area contributed by atoms with Crippen LogP contribution in [0.3, 0.4) is 0 Å². The molecule has 1 aromatic carbocycles. The first kappa shape index (κ1) is 14.8. The number of hydrogen-bond acceptors (Lipinski definition) is 3. The second kappa shape index (κ2) is 6.10. The molecule has 3 heteroatoms. The maximum Gasteiger partial charge on any atom is 0.161 e. The minimum absolute atomic E-state index is 0.283. The van der Waals surface area contributed by atoms with Crippen molar-refractivity contribution < 1.29 is 9.47 Å². The molecule has 1 N–H and O–H groups in total. The molecule has 0 amide bonds.